The molecule has 6 heteroatoms. The van der Waals surface area contributed by atoms with E-state index >= 15 is 0 Å². The van der Waals surface area contributed by atoms with Gasteiger partial charge in [-0.2, -0.15) is 0 Å². The standard InChI is InChI=1S/C15H15N3O3/c19-14(20)9-17(12-6-7-12)15(21)13-8-16-10-18(13)11-4-2-1-3-5-11/h1-5,8,10,12H,6-7,9H2,(H,19,20). The van der Waals surface area contributed by atoms with Crippen LogP contribution in [0, 0.1) is 0 Å². The van der Waals surface area contributed by atoms with E-state index in [1.54, 1.807) is 10.9 Å². The van der Waals surface area contributed by atoms with Crippen molar-refractivity contribution >= 4 is 11.9 Å². The topological polar surface area (TPSA) is 75.4 Å². The van der Waals surface area contributed by atoms with Crippen LogP contribution in [0.3, 0.4) is 0 Å². The van der Waals surface area contributed by atoms with Crippen LogP contribution in [0.25, 0.3) is 5.69 Å². The summed E-state index contributed by atoms with van der Waals surface area (Å²) in [6, 6.07) is 9.42. The third kappa shape index (κ3) is 2.79. The molecule has 0 atom stereocenters. The summed E-state index contributed by atoms with van der Waals surface area (Å²) in [4.78, 5) is 29.0. The lowest BCUT2D eigenvalue weighted by Gasteiger charge is -2.20. The summed E-state index contributed by atoms with van der Waals surface area (Å²) in [5, 5.41) is 8.98. The molecule has 0 aliphatic heterocycles. The van der Waals surface area contributed by atoms with Crippen LogP contribution in [0.1, 0.15) is 23.3 Å². The van der Waals surface area contributed by atoms with E-state index in [0.717, 1.165) is 18.5 Å². The van der Waals surface area contributed by atoms with E-state index in [1.165, 1.54) is 11.1 Å². The van der Waals surface area contributed by atoms with Crippen molar-refractivity contribution < 1.29 is 14.7 Å². The van der Waals surface area contributed by atoms with E-state index in [1.807, 2.05) is 30.3 Å². The van der Waals surface area contributed by atoms with Crippen LogP contribution in [0.15, 0.2) is 42.9 Å². The number of aliphatic carboxylic acids is 1. The van der Waals surface area contributed by atoms with Crippen molar-refractivity contribution in [3.05, 3.63) is 48.5 Å². The van der Waals surface area contributed by atoms with Crippen LogP contribution in [0.4, 0.5) is 0 Å². The van der Waals surface area contributed by atoms with Gasteiger partial charge < -0.3 is 10.0 Å². The van der Waals surface area contributed by atoms with Crippen molar-refractivity contribution in [3.63, 3.8) is 0 Å². The van der Waals surface area contributed by atoms with E-state index in [9.17, 15) is 9.59 Å². The predicted molar refractivity (Wildman–Crippen MR) is 75.3 cm³/mol. The number of carboxylic acid groups (broad SMARTS) is 1. The first-order valence-electron chi connectivity index (χ1n) is 6.77. The van der Waals surface area contributed by atoms with Crippen LogP contribution in [0.5, 0.6) is 0 Å². The molecule has 3 rings (SSSR count). The number of nitrogens with zero attached hydrogens (tertiary/aromatic N) is 3. The summed E-state index contributed by atoms with van der Waals surface area (Å²) in [6.07, 6.45) is 4.76. The second-order valence-electron chi connectivity index (χ2n) is 5.04. The minimum absolute atomic E-state index is 0.0349. The number of amides is 1. The number of carbonyl (C=O) groups excluding carboxylic acids is 1. The Morgan fingerprint density at radius 3 is 2.62 bits per heavy atom. The van der Waals surface area contributed by atoms with Crippen molar-refractivity contribution in [3.8, 4) is 5.69 Å². The zero-order valence-corrected chi connectivity index (χ0v) is 11.3. The molecule has 1 N–H and O–H groups in total. The van der Waals surface area contributed by atoms with Crippen molar-refractivity contribution in [2.45, 2.75) is 18.9 Å². The van der Waals surface area contributed by atoms with Gasteiger partial charge in [0.05, 0.1) is 12.5 Å². The number of hydrogen-bond acceptors (Lipinski definition) is 3. The lowest BCUT2D eigenvalue weighted by atomic mass is 10.3. The molecule has 6 nitrogen and oxygen atoms in total. The van der Waals surface area contributed by atoms with E-state index in [4.69, 9.17) is 5.11 Å². The number of benzene rings is 1. The molecule has 0 saturated heterocycles. The molecule has 0 bridgehead atoms. The zero-order valence-electron chi connectivity index (χ0n) is 11.3. The fourth-order valence-electron chi connectivity index (χ4n) is 2.29. The van der Waals surface area contributed by atoms with Gasteiger partial charge in [0.15, 0.2) is 0 Å². The molecule has 108 valence electrons. The van der Waals surface area contributed by atoms with Gasteiger partial charge >= 0.3 is 5.97 Å². The lowest BCUT2D eigenvalue weighted by molar-refractivity contribution is -0.137. The number of carbonyl (C=O) groups is 2. The Morgan fingerprint density at radius 1 is 1.29 bits per heavy atom. The first kappa shape index (κ1) is 13.4. The smallest absolute Gasteiger partial charge is 0.323 e. The van der Waals surface area contributed by atoms with E-state index in [-0.39, 0.29) is 18.5 Å². The van der Waals surface area contributed by atoms with Gasteiger partial charge in [-0.3, -0.25) is 14.2 Å². The van der Waals surface area contributed by atoms with Gasteiger partial charge in [-0.05, 0) is 25.0 Å². The second kappa shape index (κ2) is 5.40. The summed E-state index contributed by atoms with van der Waals surface area (Å²) in [6.45, 7) is -0.274. The monoisotopic (exact) mass is 285 g/mol. The molecule has 21 heavy (non-hydrogen) atoms. The van der Waals surface area contributed by atoms with Crippen molar-refractivity contribution in [2.75, 3.05) is 6.54 Å². The highest BCUT2D eigenvalue weighted by molar-refractivity contribution is 5.95. The normalized spacial score (nSPS) is 13.9. The summed E-state index contributed by atoms with van der Waals surface area (Å²) < 4.78 is 1.68. The molecule has 1 aromatic heterocycles. The van der Waals surface area contributed by atoms with Crippen LogP contribution in [-0.2, 0) is 4.79 Å². The fraction of sp³-hybridized carbons (Fsp3) is 0.267. The highest BCUT2D eigenvalue weighted by Gasteiger charge is 2.35. The maximum atomic E-state index is 12.6. The molecule has 1 aliphatic carbocycles. The van der Waals surface area contributed by atoms with Crippen LogP contribution >= 0.6 is 0 Å². The van der Waals surface area contributed by atoms with Crippen molar-refractivity contribution in [2.24, 2.45) is 0 Å². The zero-order chi connectivity index (χ0) is 14.8. The number of carboxylic acids is 1. The summed E-state index contributed by atoms with van der Waals surface area (Å²) >= 11 is 0. The van der Waals surface area contributed by atoms with Gasteiger partial charge in [0.25, 0.3) is 5.91 Å². The Morgan fingerprint density at radius 2 is 2.00 bits per heavy atom. The number of para-hydroxylation sites is 1. The predicted octanol–water partition coefficient (Wildman–Crippen LogP) is 1.56. The summed E-state index contributed by atoms with van der Waals surface area (Å²) in [7, 11) is 0. The average Bonchev–Trinajstić information content (AvgIpc) is 3.21. The number of rotatable bonds is 5. The van der Waals surface area contributed by atoms with Gasteiger partial charge in [-0.1, -0.05) is 18.2 Å². The fourth-order valence-corrected chi connectivity index (χ4v) is 2.29. The van der Waals surface area contributed by atoms with E-state index in [2.05, 4.69) is 4.98 Å². The summed E-state index contributed by atoms with van der Waals surface area (Å²) in [5.41, 5.74) is 1.21. The molecule has 1 heterocycles. The van der Waals surface area contributed by atoms with Crippen molar-refractivity contribution in [1.29, 1.82) is 0 Å². The average molecular weight is 285 g/mol. The molecule has 1 aromatic carbocycles. The Bertz CT molecular complexity index is 662. The third-order valence-electron chi connectivity index (χ3n) is 3.45. The van der Waals surface area contributed by atoms with Crippen LogP contribution in [0.2, 0.25) is 0 Å². The Hall–Kier alpha value is -2.63. The van der Waals surface area contributed by atoms with Gasteiger partial charge in [-0.15, -0.1) is 0 Å². The molecule has 1 aliphatic rings. The molecular formula is C15H15N3O3. The molecule has 0 radical (unpaired) electrons. The highest BCUT2D eigenvalue weighted by Crippen LogP contribution is 2.28. The minimum Gasteiger partial charge on any atom is -0.480 e. The number of aromatic nitrogens is 2. The number of imidazole rings is 1. The Labute approximate surface area is 121 Å². The molecule has 1 saturated carbocycles. The maximum Gasteiger partial charge on any atom is 0.323 e. The molecule has 1 amide bonds. The first-order chi connectivity index (χ1) is 10.2. The van der Waals surface area contributed by atoms with E-state index in [0.29, 0.717) is 5.69 Å². The molecule has 2 aromatic rings. The molecule has 0 spiro atoms. The van der Waals surface area contributed by atoms with Gasteiger partial charge in [0, 0.05) is 11.7 Å². The molecular weight excluding hydrogens is 270 g/mol. The number of hydrogen-bond donors (Lipinski definition) is 1. The van der Waals surface area contributed by atoms with Crippen LogP contribution < -0.4 is 0 Å². The second-order valence-corrected chi connectivity index (χ2v) is 5.04. The molecule has 1 fully saturated rings. The van der Waals surface area contributed by atoms with E-state index < -0.39 is 5.97 Å². The first-order valence-corrected chi connectivity index (χ1v) is 6.77. The lowest BCUT2D eigenvalue weighted by Crippen LogP contribution is -2.38. The minimum atomic E-state index is -0.999. The summed E-state index contributed by atoms with van der Waals surface area (Å²) in [5.74, 6) is -1.29. The highest BCUT2D eigenvalue weighted by atomic mass is 16.4. The third-order valence-corrected chi connectivity index (χ3v) is 3.45. The Kier molecular flexibility index (Phi) is 3.43. The molecule has 0 unspecified atom stereocenters. The largest absolute Gasteiger partial charge is 0.480 e. The SMILES string of the molecule is O=C(O)CN(C(=O)c1cncn1-c1ccccc1)C1CC1. The van der Waals surface area contributed by atoms with Crippen LogP contribution in [-0.4, -0.2) is 44.0 Å². The van der Waals surface area contributed by atoms with Gasteiger partial charge in [0.2, 0.25) is 0 Å². The van der Waals surface area contributed by atoms with Gasteiger partial charge in [0.1, 0.15) is 12.2 Å². The van der Waals surface area contributed by atoms with Crippen molar-refractivity contribution in [1.82, 2.24) is 14.5 Å². The maximum absolute atomic E-state index is 12.6. The Balaban J connectivity index is 1.91. The van der Waals surface area contributed by atoms with Gasteiger partial charge in [-0.25, -0.2) is 4.98 Å². The quantitative estimate of drug-likeness (QED) is 0.904.